The van der Waals surface area contributed by atoms with Gasteiger partial charge in [-0.15, -0.1) is 0 Å². The summed E-state index contributed by atoms with van der Waals surface area (Å²) in [6.07, 6.45) is 3.75. The number of nitrogens with one attached hydrogen (secondary N) is 1. The molecule has 1 aromatic carbocycles. The van der Waals surface area contributed by atoms with E-state index < -0.39 is 5.60 Å². The minimum absolute atomic E-state index is 0.122. The van der Waals surface area contributed by atoms with Crippen molar-refractivity contribution in [3.63, 3.8) is 0 Å². The second-order valence-corrected chi connectivity index (χ2v) is 6.51. The minimum atomic E-state index is -1.22. The van der Waals surface area contributed by atoms with Crippen LogP contribution in [-0.2, 0) is 11.3 Å². The van der Waals surface area contributed by atoms with Crippen molar-refractivity contribution in [2.45, 2.75) is 50.8 Å². The molecule has 0 radical (unpaired) electrons. The Bertz CT molecular complexity index is 527. The number of aliphatic hydroxyl groups is 1. The summed E-state index contributed by atoms with van der Waals surface area (Å²) in [5.41, 5.74) is 1.11. The Morgan fingerprint density at radius 1 is 1.43 bits per heavy atom. The highest BCUT2D eigenvalue weighted by atomic mass is 16.3. The molecule has 0 spiro atoms. The van der Waals surface area contributed by atoms with Crippen molar-refractivity contribution in [2.24, 2.45) is 0 Å². The Hall–Kier alpha value is -1.39. The molecule has 1 amide bonds. The molecule has 4 nitrogen and oxygen atoms in total. The molecule has 1 aromatic rings. The molecule has 1 atom stereocenters. The number of aryl methyl sites for hydroxylation is 1. The summed E-state index contributed by atoms with van der Waals surface area (Å²) in [5, 5.41) is 14.0. The lowest BCUT2D eigenvalue weighted by Gasteiger charge is -2.38. The monoisotopic (exact) mass is 288 g/mol. The number of nitrogens with zero attached hydrogens (tertiary/aromatic N) is 1. The van der Waals surface area contributed by atoms with Gasteiger partial charge < -0.3 is 15.3 Å². The maximum absolute atomic E-state index is 12.6. The Labute approximate surface area is 126 Å². The zero-order chi connectivity index (χ0) is 14.9. The van der Waals surface area contributed by atoms with Gasteiger partial charge in [-0.3, -0.25) is 4.79 Å². The van der Waals surface area contributed by atoms with Crippen LogP contribution in [0.3, 0.4) is 0 Å². The van der Waals surface area contributed by atoms with E-state index in [-0.39, 0.29) is 5.91 Å². The van der Waals surface area contributed by atoms with Gasteiger partial charge in [0.25, 0.3) is 5.91 Å². The molecule has 2 fully saturated rings. The molecule has 1 aliphatic heterocycles. The van der Waals surface area contributed by atoms with Crippen LogP contribution in [0.4, 0.5) is 0 Å². The molecule has 21 heavy (non-hydrogen) atoms. The topological polar surface area (TPSA) is 52.6 Å². The second kappa shape index (κ2) is 5.78. The van der Waals surface area contributed by atoms with Crippen LogP contribution in [0.5, 0.6) is 0 Å². The number of carbonyl (C=O) groups is 1. The van der Waals surface area contributed by atoms with E-state index in [0.29, 0.717) is 25.6 Å². The third-order valence-corrected chi connectivity index (χ3v) is 4.42. The van der Waals surface area contributed by atoms with E-state index in [2.05, 4.69) is 24.4 Å². The van der Waals surface area contributed by atoms with Crippen molar-refractivity contribution < 1.29 is 9.90 Å². The van der Waals surface area contributed by atoms with E-state index in [9.17, 15) is 9.90 Å². The fraction of sp³-hybridized carbons (Fsp3) is 0.588. The number of amides is 1. The molecule has 0 bridgehead atoms. The predicted octanol–water partition coefficient (Wildman–Crippen LogP) is 1.60. The number of piperidine rings is 1. The lowest BCUT2D eigenvalue weighted by atomic mass is 9.91. The SMILES string of the molecule is Cc1cccc(CN2CCCC(O)(CNC3CC3)C2=O)c1. The number of benzene rings is 1. The van der Waals surface area contributed by atoms with Crippen molar-refractivity contribution >= 4 is 5.91 Å². The summed E-state index contributed by atoms with van der Waals surface area (Å²) in [4.78, 5) is 14.4. The van der Waals surface area contributed by atoms with Crippen LogP contribution in [0.2, 0.25) is 0 Å². The Kier molecular flexibility index (Phi) is 4.00. The van der Waals surface area contributed by atoms with Crippen LogP contribution in [0.1, 0.15) is 36.8 Å². The van der Waals surface area contributed by atoms with Crippen molar-refractivity contribution in [1.82, 2.24) is 10.2 Å². The maximum atomic E-state index is 12.6. The molecule has 114 valence electrons. The predicted molar refractivity (Wildman–Crippen MR) is 81.8 cm³/mol. The quantitative estimate of drug-likeness (QED) is 0.865. The normalized spacial score (nSPS) is 26.2. The van der Waals surface area contributed by atoms with Gasteiger partial charge in [-0.1, -0.05) is 29.8 Å². The van der Waals surface area contributed by atoms with Crippen LogP contribution in [0, 0.1) is 6.92 Å². The standard InChI is InChI=1S/C17H24N2O2/c1-13-4-2-5-14(10-13)11-19-9-3-8-17(21,16(19)20)12-18-15-6-7-15/h2,4-5,10,15,18,21H,3,6-9,11-12H2,1H3. The molecule has 4 heteroatoms. The van der Waals surface area contributed by atoms with Crippen molar-refractivity contribution in [3.05, 3.63) is 35.4 Å². The molecule has 1 aliphatic carbocycles. The Morgan fingerprint density at radius 2 is 2.24 bits per heavy atom. The summed E-state index contributed by atoms with van der Waals surface area (Å²) in [6.45, 7) is 3.77. The van der Waals surface area contributed by atoms with Gasteiger partial charge >= 0.3 is 0 Å². The van der Waals surface area contributed by atoms with E-state index in [1.165, 1.54) is 5.56 Å². The van der Waals surface area contributed by atoms with Gasteiger partial charge in [-0.2, -0.15) is 0 Å². The van der Waals surface area contributed by atoms with E-state index >= 15 is 0 Å². The average Bonchev–Trinajstić information content (AvgIpc) is 3.26. The number of rotatable bonds is 5. The molecule has 1 unspecified atom stereocenters. The fourth-order valence-electron chi connectivity index (χ4n) is 3.01. The summed E-state index contributed by atoms with van der Waals surface area (Å²) in [5.74, 6) is -0.122. The molecule has 2 N–H and O–H groups in total. The first-order chi connectivity index (χ1) is 10.1. The van der Waals surface area contributed by atoms with Crippen molar-refractivity contribution in [2.75, 3.05) is 13.1 Å². The van der Waals surface area contributed by atoms with Crippen LogP contribution >= 0.6 is 0 Å². The number of hydrogen-bond acceptors (Lipinski definition) is 3. The maximum Gasteiger partial charge on any atom is 0.256 e. The van der Waals surface area contributed by atoms with Gasteiger partial charge in [-0.05, 0) is 38.2 Å². The molecule has 2 aliphatic rings. The first-order valence-corrected chi connectivity index (χ1v) is 7.87. The van der Waals surface area contributed by atoms with Crippen LogP contribution in [0.25, 0.3) is 0 Å². The van der Waals surface area contributed by atoms with Gasteiger partial charge in [-0.25, -0.2) is 0 Å². The highest BCUT2D eigenvalue weighted by Crippen LogP contribution is 2.26. The smallest absolute Gasteiger partial charge is 0.256 e. The van der Waals surface area contributed by atoms with Gasteiger partial charge in [0.05, 0.1) is 0 Å². The molecule has 0 aromatic heterocycles. The van der Waals surface area contributed by atoms with E-state index in [4.69, 9.17) is 0 Å². The molecule has 1 heterocycles. The number of carbonyl (C=O) groups excluding carboxylic acids is 1. The summed E-state index contributed by atoms with van der Waals surface area (Å²) >= 11 is 0. The molecule has 1 saturated carbocycles. The lowest BCUT2D eigenvalue weighted by Crippen LogP contribution is -2.57. The first kappa shape index (κ1) is 14.5. The molecular weight excluding hydrogens is 264 g/mol. The second-order valence-electron chi connectivity index (χ2n) is 6.51. The van der Waals surface area contributed by atoms with Crippen LogP contribution in [0.15, 0.2) is 24.3 Å². The zero-order valence-corrected chi connectivity index (χ0v) is 12.6. The van der Waals surface area contributed by atoms with Gasteiger partial charge in [0.1, 0.15) is 0 Å². The third-order valence-electron chi connectivity index (χ3n) is 4.42. The van der Waals surface area contributed by atoms with E-state index in [0.717, 1.165) is 31.4 Å². The van der Waals surface area contributed by atoms with Gasteiger partial charge in [0.2, 0.25) is 0 Å². The van der Waals surface area contributed by atoms with E-state index in [1.807, 2.05) is 12.1 Å². The van der Waals surface area contributed by atoms with E-state index in [1.54, 1.807) is 4.90 Å². The summed E-state index contributed by atoms with van der Waals surface area (Å²) < 4.78 is 0. The van der Waals surface area contributed by atoms with Gasteiger partial charge in [0.15, 0.2) is 5.60 Å². The van der Waals surface area contributed by atoms with Crippen LogP contribution in [-0.4, -0.2) is 40.6 Å². The number of likely N-dealkylation sites (tertiary alicyclic amines) is 1. The highest BCUT2D eigenvalue weighted by molar-refractivity contribution is 5.86. The zero-order valence-electron chi connectivity index (χ0n) is 12.6. The molecule has 3 rings (SSSR count). The van der Waals surface area contributed by atoms with Crippen molar-refractivity contribution in [1.29, 1.82) is 0 Å². The molecular formula is C17H24N2O2. The average molecular weight is 288 g/mol. The van der Waals surface area contributed by atoms with Gasteiger partial charge in [0, 0.05) is 25.7 Å². The fourth-order valence-corrected chi connectivity index (χ4v) is 3.01. The number of hydrogen-bond donors (Lipinski definition) is 2. The Morgan fingerprint density at radius 3 is 2.95 bits per heavy atom. The van der Waals surface area contributed by atoms with Crippen LogP contribution < -0.4 is 5.32 Å². The highest BCUT2D eigenvalue weighted by Gasteiger charge is 2.42. The molecule has 1 saturated heterocycles. The summed E-state index contributed by atoms with van der Waals surface area (Å²) in [7, 11) is 0. The Balaban J connectivity index is 1.66. The minimum Gasteiger partial charge on any atom is -0.379 e. The first-order valence-electron chi connectivity index (χ1n) is 7.87. The van der Waals surface area contributed by atoms with Crippen molar-refractivity contribution in [3.8, 4) is 0 Å². The summed E-state index contributed by atoms with van der Waals surface area (Å²) in [6, 6.07) is 8.71. The third kappa shape index (κ3) is 3.44. The largest absolute Gasteiger partial charge is 0.379 e. The lowest BCUT2D eigenvalue weighted by molar-refractivity contribution is -0.157.